The van der Waals surface area contributed by atoms with Crippen molar-refractivity contribution in [1.29, 1.82) is 0 Å². The molecule has 0 radical (unpaired) electrons. The lowest BCUT2D eigenvalue weighted by Gasteiger charge is -2.06. The molecule has 0 saturated heterocycles. The number of rotatable bonds is 2. The van der Waals surface area contributed by atoms with Crippen LogP contribution < -0.4 is 15.2 Å². The predicted octanol–water partition coefficient (Wildman–Crippen LogP) is 2.35. The van der Waals surface area contributed by atoms with Crippen molar-refractivity contribution in [2.45, 2.75) is 6.92 Å². The summed E-state index contributed by atoms with van der Waals surface area (Å²) >= 11 is 6.20. The van der Waals surface area contributed by atoms with E-state index in [1.54, 1.807) is 0 Å². The van der Waals surface area contributed by atoms with Gasteiger partial charge in [-0.2, -0.15) is 0 Å². The molecule has 4 heteroatoms. The van der Waals surface area contributed by atoms with E-state index in [1.807, 2.05) is 25.1 Å². The minimum absolute atomic E-state index is 0.235. The van der Waals surface area contributed by atoms with E-state index in [9.17, 15) is 0 Å². The molecule has 0 aliphatic carbocycles. The molecular formula is C11H12ClNO2. The standard InChI is InChI=1S/C11H12ClNO2/c1-7-5-9-11(15-6-14-9)10(12)8(7)3-2-4-13/h2-3,5H,4,6,13H2,1H3/b3-2+. The van der Waals surface area contributed by atoms with E-state index in [4.69, 9.17) is 26.8 Å². The van der Waals surface area contributed by atoms with Crippen LogP contribution in [0.1, 0.15) is 11.1 Å². The number of nitrogens with two attached hydrogens (primary N) is 1. The normalized spacial score (nSPS) is 13.8. The highest BCUT2D eigenvalue weighted by atomic mass is 35.5. The molecule has 0 saturated carbocycles. The van der Waals surface area contributed by atoms with Gasteiger partial charge in [0.2, 0.25) is 6.79 Å². The first kappa shape index (κ1) is 10.3. The largest absolute Gasteiger partial charge is 0.454 e. The van der Waals surface area contributed by atoms with Gasteiger partial charge in [-0.25, -0.2) is 0 Å². The highest BCUT2D eigenvalue weighted by Crippen LogP contribution is 2.42. The van der Waals surface area contributed by atoms with Crippen LogP contribution in [0.2, 0.25) is 5.02 Å². The molecule has 80 valence electrons. The molecule has 1 aromatic rings. The third kappa shape index (κ3) is 1.80. The van der Waals surface area contributed by atoms with Crippen LogP contribution in [0.15, 0.2) is 12.1 Å². The topological polar surface area (TPSA) is 44.5 Å². The van der Waals surface area contributed by atoms with E-state index in [-0.39, 0.29) is 6.79 Å². The SMILES string of the molecule is Cc1cc2c(c(Cl)c1/C=C/CN)OCO2. The zero-order valence-corrected chi connectivity index (χ0v) is 9.17. The smallest absolute Gasteiger partial charge is 0.231 e. The van der Waals surface area contributed by atoms with E-state index in [0.29, 0.717) is 23.1 Å². The van der Waals surface area contributed by atoms with Crippen LogP contribution in [0.3, 0.4) is 0 Å². The van der Waals surface area contributed by atoms with Gasteiger partial charge in [0.25, 0.3) is 0 Å². The Morgan fingerprint density at radius 1 is 1.53 bits per heavy atom. The van der Waals surface area contributed by atoms with Crippen LogP contribution >= 0.6 is 11.6 Å². The van der Waals surface area contributed by atoms with Gasteiger partial charge in [0, 0.05) is 6.54 Å². The Morgan fingerprint density at radius 2 is 2.33 bits per heavy atom. The predicted molar refractivity (Wildman–Crippen MR) is 60.4 cm³/mol. The van der Waals surface area contributed by atoms with E-state index in [0.717, 1.165) is 11.1 Å². The van der Waals surface area contributed by atoms with Crippen LogP contribution in [0, 0.1) is 6.92 Å². The molecule has 0 bridgehead atoms. The van der Waals surface area contributed by atoms with Crippen molar-refractivity contribution in [2.75, 3.05) is 13.3 Å². The van der Waals surface area contributed by atoms with E-state index >= 15 is 0 Å². The van der Waals surface area contributed by atoms with Gasteiger partial charge in [-0.15, -0.1) is 0 Å². The summed E-state index contributed by atoms with van der Waals surface area (Å²) in [6, 6.07) is 1.92. The molecule has 15 heavy (non-hydrogen) atoms. The van der Waals surface area contributed by atoms with Gasteiger partial charge in [0.1, 0.15) is 0 Å². The summed E-state index contributed by atoms with van der Waals surface area (Å²) in [5, 5.41) is 0.590. The zero-order chi connectivity index (χ0) is 10.8. The maximum Gasteiger partial charge on any atom is 0.231 e. The first-order valence-electron chi connectivity index (χ1n) is 4.69. The molecule has 0 amide bonds. The third-order valence-electron chi connectivity index (χ3n) is 2.27. The van der Waals surface area contributed by atoms with Crippen LogP contribution in [0.4, 0.5) is 0 Å². The molecule has 0 atom stereocenters. The molecule has 2 N–H and O–H groups in total. The first-order valence-corrected chi connectivity index (χ1v) is 5.07. The Morgan fingerprint density at radius 3 is 3.07 bits per heavy atom. The number of aryl methyl sites for hydroxylation is 1. The van der Waals surface area contributed by atoms with Crippen molar-refractivity contribution in [2.24, 2.45) is 5.73 Å². The lowest BCUT2D eigenvalue weighted by atomic mass is 10.1. The van der Waals surface area contributed by atoms with Gasteiger partial charge in [-0.05, 0) is 24.1 Å². The molecule has 0 fully saturated rings. The molecule has 1 aromatic carbocycles. The minimum Gasteiger partial charge on any atom is -0.454 e. The number of halogens is 1. The Balaban J connectivity index is 2.51. The second-order valence-electron chi connectivity index (χ2n) is 3.29. The van der Waals surface area contributed by atoms with Crippen molar-refractivity contribution in [3.63, 3.8) is 0 Å². The quantitative estimate of drug-likeness (QED) is 0.840. The number of benzene rings is 1. The van der Waals surface area contributed by atoms with Crippen LogP contribution in [-0.4, -0.2) is 13.3 Å². The maximum absolute atomic E-state index is 6.20. The second-order valence-corrected chi connectivity index (χ2v) is 3.67. The monoisotopic (exact) mass is 225 g/mol. The van der Waals surface area contributed by atoms with Gasteiger partial charge < -0.3 is 15.2 Å². The minimum atomic E-state index is 0.235. The van der Waals surface area contributed by atoms with Crippen molar-refractivity contribution in [1.82, 2.24) is 0 Å². The van der Waals surface area contributed by atoms with Gasteiger partial charge in [-0.3, -0.25) is 0 Å². The van der Waals surface area contributed by atoms with E-state index < -0.39 is 0 Å². The Hall–Kier alpha value is -1.19. The van der Waals surface area contributed by atoms with Gasteiger partial charge in [0.05, 0.1) is 5.02 Å². The lowest BCUT2D eigenvalue weighted by molar-refractivity contribution is 0.174. The second kappa shape index (κ2) is 4.13. The molecule has 0 aromatic heterocycles. The first-order chi connectivity index (χ1) is 7.24. The summed E-state index contributed by atoms with van der Waals surface area (Å²) < 4.78 is 10.5. The number of ether oxygens (including phenoxy) is 2. The Bertz CT molecular complexity index is 416. The molecule has 0 unspecified atom stereocenters. The van der Waals surface area contributed by atoms with E-state index in [1.165, 1.54) is 0 Å². The molecule has 1 heterocycles. The average molecular weight is 226 g/mol. The van der Waals surface area contributed by atoms with Gasteiger partial charge in [-0.1, -0.05) is 23.8 Å². The Labute approximate surface area is 93.4 Å². The highest BCUT2D eigenvalue weighted by molar-refractivity contribution is 6.34. The molecule has 0 spiro atoms. The third-order valence-corrected chi connectivity index (χ3v) is 2.65. The fourth-order valence-corrected chi connectivity index (χ4v) is 1.89. The van der Waals surface area contributed by atoms with Crippen molar-refractivity contribution < 1.29 is 9.47 Å². The maximum atomic E-state index is 6.20. The summed E-state index contributed by atoms with van der Waals surface area (Å²) in [4.78, 5) is 0. The fourth-order valence-electron chi connectivity index (χ4n) is 1.53. The number of fused-ring (bicyclic) bond motifs is 1. The van der Waals surface area contributed by atoms with Crippen molar-refractivity contribution in [3.8, 4) is 11.5 Å². The summed E-state index contributed by atoms with van der Waals surface area (Å²) in [6.45, 7) is 2.70. The fraction of sp³-hybridized carbons (Fsp3) is 0.273. The molecule has 3 nitrogen and oxygen atoms in total. The Kier molecular flexibility index (Phi) is 2.84. The summed E-state index contributed by atoms with van der Waals surface area (Å²) in [7, 11) is 0. The van der Waals surface area contributed by atoms with Gasteiger partial charge in [0.15, 0.2) is 11.5 Å². The van der Waals surface area contributed by atoms with Crippen molar-refractivity contribution in [3.05, 3.63) is 28.3 Å². The number of hydrogen-bond donors (Lipinski definition) is 1. The molecule has 2 rings (SSSR count). The summed E-state index contributed by atoms with van der Waals surface area (Å²) in [5.74, 6) is 1.33. The molecular weight excluding hydrogens is 214 g/mol. The lowest BCUT2D eigenvalue weighted by Crippen LogP contribution is -1.93. The number of hydrogen-bond acceptors (Lipinski definition) is 3. The molecule has 1 aliphatic rings. The molecule has 1 aliphatic heterocycles. The van der Waals surface area contributed by atoms with E-state index in [2.05, 4.69) is 0 Å². The van der Waals surface area contributed by atoms with Crippen molar-refractivity contribution >= 4 is 17.7 Å². The van der Waals surface area contributed by atoms with Crippen LogP contribution in [-0.2, 0) is 0 Å². The van der Waals surface area contributed by atoms with Gasteiger partial charge >= 0.3 is 0 Å². The summed E-state index contributed by atoms with van der Waals surface area (Å²) in [6.07, 6.45) is 3.76. The van der Waals surface area contributed by atoms with Crippen LogP contribution in [0.25, 0.3) is 6.08 Å². The summed E-state index contributed by atoms with van der Waals surface area (Å²) in [5.41, 5.74) is 7.39. The highest BCUT2D eigenvalue weighted by Gasteiger charge is 2.20. The van der Waals surface area contributed by atoms with Crippen LogP contribution in [0.5, 0.6) is 11.5 Å². The average Bonchev–Trinajstić information content (AvgIpc) is 2.65. The zero-order valence-electron chi connectivity index (χ0n) is 8.42.